The number of fused-ring (bicyclic) bond motifs is 1. The lowest BCUT2D eigenvalue weighted by Crippen LogP contribution is -2.48. The average molecular weight is 319 g/mol. The Balaban J connectivity index is 1.68. The van der Waals surface area contributed by atoms with Gasteiger partial charge in [-0.05, 0) is 56.5 Å². The molecule has 2 aliphatic heterocycles. The number of nitrogens with zero attached hydrogens (tertiary/aromatic N) is 1. The Bertz CT molecular complexity index is 743. The molecule has 2 heterocycles. The maximum atomic E-state index is 5.03. The molecular weight excluding hydrogens is 294 g/mol. The normalized spacial score (nSPS) is 20.6. The number of piperidine rings is 1. The maximum Gasteiger partial charge on any atom is 0.108 e. The summed E-state index contributed by atoms with van der Waals surface area (Å²) >= 11 is 0. The first-order valence-electron chi connectivity index (χ1n) is 8.91. The molecule has 1 spiro atoms. The smallest absolute Gasteiger partial charge is 0.108 e. The van der Waals surface area contributed by atoms with Crippen LogP contribution in [0.5, 0.6) is 0 Å². The van der Waals surface area contributed by atoms with Crippen molar-refractivity contribution in [3.8, 4) is 0 Å². The number of rotatable bonds is 2. The third-order valence-electron chi connectivity index (χ3n) is 5.37. The number of benzene rings is 2. The molecular formula is C21H25N3. The molecule has 4 rings (SSSR count). The summed E-state index contributed by atoms with van der Waals surface area (Å²) in [5.41, 5.74) is 5.45. The average Bonchev–Trinajstić information content (AvgIpc) is 2.61. The highest BCUT2D eigenvalue weighted by molar-refractivity contribution is 6.02. The van der Waals surface area contributed by atoms with E-state index in [-0.39, 0.29) is 5.41 Å². The summed E-state index contributed by atoms with van der Waals surface area (Å²) in [6, 6.07) is 17.3. The topological polar surface area (TPSA) is 36.4 Å². The minimum Gasteiger partial charge on any atom is -0.343 e. The molecule has 0 unspecified atom stereocenters. The number of hydrogen-bond acceptors (Lipinski definition) is 2. The first kappa shape index (κ1) is 15.4. The van der Waals surface area contributed by atoms with Crippen LogP contribution in [0.4, 0.5) is 5.69 Å². The number of amidine groups is 1. The number of anilines is 1. The SMILES string of the molecule is Cc1ccc2c(c1)CC1(CCNCC1)C(=NCc1ccccc1)N2. The molecule has 24 heavy (non-hydrogen) atoms. The van der Waals surface area contributed by atoms with Gasteiger partial charge in [-0.25, -0.2) is 0 Å². The maximum absolute atomic E-state index is 5.03. The van der Waals surface area contributed by atoms with Crippen LogP contribution < -0.4 is 10.6 Å². The van der Waals surface area contributed by atoms with Gasteiger partial charge < -0.3 is 10.6 Å². The monoisotopic (exact) mass is 319 g/mol. The van der Waals surface area contributed by atoms with Crippen molar-refractivity contribution in [1.29, 1.82) is 0 Å². The highest BCUT2D eigenvalue weighted by Gasteiger charge is 2.41. The van der Waals surface area contributed by atoms with Gasteiger partial charge >= 0.3 is 0 Å². The van der Waals surface area contributed by atoms with Crippen LogP contribution in [-0.4, -0.2) is 18.9 Å². The van der Waals surface area contributed by atoms with E-state index in [9.17, 15) is 0 Å². The number of aryl methyl sites for hydroxylation is 1. The highest BCUT2D eigenvalue weighted by Crippen LogP contribution is 2.41. The lowest BCUT2D eigenvalue weighted by molar-refractivity contribution is 0.293. The van der Waals surface area contributed by atoms with Gasteiger partial charge in [0.15, 0.2) is 0 Å². The zero-order valence-corrected chi connectivity index (χ0v) is 14.3. The van der Waals surface area contributed by atoms with Gasteiger partial charge in [0.1, 0.15) is 5.84 Å². The van der Waals surface area contributed by atoms with Crippen LogP contribution in [0, 0.1) is 12.3 Å². The second kappa shape index (κ2) is 6.40. The summed E-state index contributed by atoms with van der Waals surface area (Å²) in [4.78, 5) is 5.03. The van der Waals surface area contributed by atoms with Gasteiger partial charge in [0.05, 0.1) is 6.54 Å². The predicted octanol–water partition coefficient (Wildman–Crippen LogP) is 3.93. The van der Waals surface area contributed by atoms with Gasteiger partial charge in [0.2, 0.25) is 0 Å². The number of hydrogen-bond donors (Lipinski definition) is 2. The van der Waals surface area contributed by atoms with Gasteiger partial charge in [-0.15, -0.1) is 0 Å². The van der Waals surface area contributed by atoms with E-state index in [1.807, 2.05) is 0 Å². The summed E-state index contributed by atoms with van der Waals surface area (Å²) in [5, 5.41) is 7.18. The largest absolute Gasteiger partial charge is 0.343 e. The van der Waals surface area contributed by atoms with Gasteiger partial charge in [0.25, 0.3) is 0 Å². The molecule has 2 N–H and O–H groups in total. The molecule has 1 fully saturated rings. The van der Waals surface area contributed by atoms with Crippen molar-refractivity contribution >= 4 is 11.5 Å². The summed E-state index contributed by atoms with van der Waals surface area (Å²) in [6.45, 7) is 5.08. The van der Waals surface area contributed by atoms with Crippen LogP contribution >= 0.6 is 0 Å². The van der Waals surface area contributed by atoms with Crippen LogP contribution in [0.25, 0.3) is 0 Å². The fourth-order valence-corrected chi connectivity index (χ4v) is 3.98. The molecule has 0 aromatic heterocycles. The highest BCUT2D eigenvalue weighted by atomic mass is 15.0. The fourth-order valence-electron chi connectivity index (χ4n) is 3.98. The van der Waals surface area contributed by atoms with Crippen molar-refractivity contribution in [3.05, 3.63) is 65.2 Å². The predicted molar refractivity (Wildman–Crippen MR) is 101 cm³/mol. The van der Waals surface area contributed by atoms with E-state index in [2.05, 4.69) is 66.1 Å². The van der Waals surface area contributed by atoms with Crippen molar-refractivity contribution in [3.63, 3.8) is 0 Å². The zero-order chi connectivity index (χ0) is 16.4. The summed E-state index contributed by atoms with van der Waals surface area (Å²) in [6.07, 6.45) is 3.41. The number of aliphatic imine (C=N–C) groups is 1. The lowest BCUT2D eigenvalue weighted by Gasteiger charge is -2.43. The molecule has 0 radical (unpaired) electrons. The Hall–Kier alpha value is -2.13. The van der Waals surface area contributed by atoms with Crippen LogP contribution in [0.2, 0.25) is 0 Å². The minimum atomic E-state index is 0.167. The van der Waals surface area contributed by atoms with Gasteiger partial charge in [0, 0.05) is 11.1 Å². The molecule has 0 amide bonds. The molecule has 1 saturated heterocycles. The third-order valence-corrected chi connectivity index (χ3v) is 5.37. The molecule has 2 aliphatic rings. The van der Waals surface area contributed by atoms with Crippen LogP contribution in [-0.2, 0) is 13.0 Å². The van der Waals surface area contributed by atoms with Gasteiger partial charge in [-0.3, -0.25) is 4.99 Å². The van der Waals surface area contributed by atoms with Crippen molar-refractivity contribution < 1.29 is 0 Å². The quantitative estimate of drug-likeness (QED) is 0.880. The minimum absolute atomic E-state index is 0.167. The standard InChI is InChI=1S/C21H25N3/c1-16-7-8-19-18(13-16)14-21(9-11-22-12-10-21)20(24-19)23-15-17-5-3-2-4-6-17/h2-8,13,22H,9-12,14-15H2,1H3,(H,23,24). The molecule has 0 saturated carbocycles. The van der Waals surface area contributed by atoms with Crippen molar-refractivity contribution in [1.82, 2.24) is 5.32 Å². The van der Waals surface area contributed by atoms with E-state index in [4.69, 9.17) is 4.99 Å². The summed E-state index contributed by atoms with van der Waals surface area (Å²) in [7, 11) is 0. The Kier molecular flexibility index (Phi) is 4.11. The van der Waals surface area contributed by atoms with E-state index in [1.54, 1.807) is 0 Å². The Morgan fingerprint density at radius 2 is 1.83 bits per heavy atom. The first-order valence-corrected chi connectivity index (χ1v) is 8.91. The molecule has 3 nitrogen and oxygen atoms in total. The van der Waals surface area contributed by atoms with Crippen molar-refractivity contribution in [2.45, 2.75) is 32.7 Å². The molecule has 2 aromatic carbocycles. The van der Waals surface area contributed by atoms with E-state index >= 15 is 0 Å². The van der Waals surface area contributed by atoms with Gasteiger partial charge in [-0.1, -0.05) is 48.0 Å². The second-order valence-corrected chi connectivity index (χ2v) is 7.14. The third kappa shape index (κ3) is 2.96. The molecule has 2 aromatic rings. The van der Waals surface area contributed by atoms with E-state index in [0.717, 1.165) is 38.9 Å². The van der Waals surface area contributed by atoms with Crippen LogP contribution in [0.15, 0.2) is 53.5 Å². The molecule has 0 atom stereocenters. The van der Waals surface area contributed by atoms with Crippen molar-refractivity contribution in [2.75, 3.05) is 18.4 Å². The summed E-state index contributed by atoms with van der Waals surface area (Å²) in [5.74, 6) is 1.18. The first-order chi connectivity index (χ1) is 11.8. The lowest BCUT2D eigenvalue weighted by atomic mass is 9.70. The molecule has 0 aliphatic carbocycles. The second-order valence-electron chi connectivity index (χ2n) is 7.14. The fraction of sp³-hybridized carbons (Fsp3) is 0.381. The van der Waals surface area contributed by atoms with E-state index < -0.39 is 0 Å². The van der Waals surface area contributed by atoms with E-state index in [1.165, 1.54) is 28.2 Å². The van der Waals surface area contributed by atoms with Gasteiger partial charge in [-0.2, -0.15) is 0 Å². The Labute approximate surface area is 144 Å². The number of nitrogens with one attached hydrogen (secondary N) is 2. The van der Waals surface area contributed by atoms with Crippen LogP contribution in [0.1, 0.15) is 29.5 Å². The molecule has 3 heteroatoms. The van der Waals surface area contributed by atoms with E-state index in [0.29, 0.717) is 0 Å². The van der Waals surface area contributed by atoms with Crippen molar-refractivity contribution in [2.24, 2.45) is 10.4 Å². The Morgan fingerprint density at radius 1 is 1.04 bits per heavy atom. The molecule has 0 bridgehead atoms. The zero-order valence-electron chi connectivity index (χ0n) is 14.3. The molecule has 124 valence electrons. The summed E-state index contributed by atoms with van der Waals surface area (Å²) < 4.78 is 0. The Morgan fingerprint density at radius 3 is 2.62 bits per heavy atom. The van der Waals surface area contributed by atoms with Crippen LogP contribution in [0.3, 0.4) is 0 Å².